The maximum Gasteiger partial charge on any atom is 0.408 e. The summed E-state index contributed by atoms with van der Waals surface area (Å²) in [5.74, 6) is -2.40. The molecule has 0 bridgehead atoms. The fourth-order valence-corrected chi connectivity index (χ4v) is 7.90. The average Bonchev–Trinajstić information content (AvgIpc) is 3.90. The summed E-state index contributed by atoms with van der Waals surface area (Å²) in [6, 6.07) is 2.78. The zero-order valence-corrected chi connectivity index (χ0v) is 29.3. The smallest absolute Gasteiger partial charge is 0.408 e. The van der Waals surface area contributed by atoms with Gasteiger partial charge in [0.15, 0.2) is 5.58 Å². The van der Waals surface area contributed by atoms with Crippen molar-refractivity contribution >= 4 is 56.5 Å². The van der Waals surface area contributed by atoms with E-state index in [1.165, 1.54) is 4.90 Å². The van der Waals surface area contributed by atoms with Gasteiger partial charge in [-0.1, -0.05) is 36.6 Å². The third kappa shape index (κ3) is 8.14. The van der Waals surface area contributed by atoms with Crippen LogP contribution in [0.1, 0.15) is 78.6 Å². The van der Waals surface area contributed by atoms with E-state index in [0.717, 1.165) is 12.8 Å². The van der Waals surface area contributed by atoms with Crippen LogP contribution in [0.25, 0.3) is 11.1 Å². The highest BCUT2D eigenvalue weighted by atomic mass is 35.5. The second-order valence-corrected chi connectivity index (χ2v) is 16.7. The second kappa shape index (κ2) is 13.5. The lowest BCUT2D eigenvalue weighted by Crippen LogP contribution is -2.58. The molecule has 2 saturated carbocycles. The number of fused-ring (bicyclic) bond motifs is 3. The van der Waals surface area contributed by atoms with Gasteiger partial charge in [0, 0.05) is 17.4 Å². The number of nitrogens with zero attached hydrogens (tertiary/aromatic N) is 2. The van der Waals surface area contributed by atoms with Gasteiger partial charge in [-0.2, -0.15) is 4.98 Å². The van der Waals surface area contributed by atoms with Crippen LogP contribution in [0.2, 0.25) is 5.02 Å². The normalized spacial score (nSPS) is 28.7. The third-order valence-corrected chi connectivity index (χ3v) is 11.2. The minimum absolute atomic E-state index is 0.00872. The number of amides is 4. The minimum Gasteiger partial charge on any atom is -0.445 e. The standard InChI is InChI=1S/C33H42ClN5O9S/c1-32(2,3)48-30(43)35-23-10-8-6-4-5-7-9-19-17-33(19,29(42)38-49(44,45)22-12-13-22)37-27(40)25-16-21(18-39(25)28(23)41)46-31-36-24-15-20(34)11-14-26(24)47-31/h7,9,11,14-15,19,21-23,25H,4-6,8,10,12-13,16-18H2,1-3H3,(H,35,43)(H,37,40)(H,38,42)/b9-7-/t19-,21-,23+,25+,33-/m1/s1. The Hall–Kier alpha value is -3.85. The molecule has 0 spiro atoms. The molecule has 266 valence electrons. The number of aromatic nitrogens is 1. The van der Waals surface area contributed by atoms with E-state index >= 15 is 0 Å². The fourth-order valence-electron chi connectivity index (χ4n) is 6.37. The zero-order valence-electron chi connectivity index (χ0n) is 27.7. The van der Waals surface area contributed by atoms with Gasteiger partial charge < -0.3 is 29.4 Å². The number of halogens is 1. The van der Waals surface area contributed by atoms with Crippen LogP contribution in [0, 0.1) is 5.92 Å². The van der Waals surface area contributed by atoms with E-state index in [-0.39, 0.29) is 25.5 Å². The molecule has 1 aromatic heterocycles. The molecule has 1 saturated heterocycles. The van der Waals surface area contributed by atoms with Gasteiger partial charge in [-0.3, -0.25) is 19.1 Å². The summed E-state index contributed by atoms with van der Waals surface area (Å²) in [5, 5.41) is 5.36. The van der Waals surface area contributed by atoms with Gasteiger partial charge in [0.05, 0.1) is 11.8 Å². The van der Waals surface area contributed by atoms with Crippen molar-refractivity contribution < 1.29 is 41.5 Å². The van der Waals surface area contributed by atoms with Gasteiger partial charge in [0.25, 0.3) is 5.91 Å². The highest BCUT2D eigenvalue weighted by molar-refractivity contribution is 7.91. The molecule has 14 nitrogen and oxygen atoms in total. The molecule has 2 aliphatic heterocycles. The lowest BCUT2D eigenvalue weighted by Gasteiger charge is -2.30. The molecule has 3 heterocycles. The average molecular weight is 720 g/mol. The molecule has 2 aromatic rings. The second-order valence-electron chi connectivity index (χ2n) is 14.3. The number of hydrogen-bond acceptors (Lipinski definition) is 10. The summed E-state index contributed by atoms with van der Waals surface area (Å²) in [6.07, 6.45) is 6.50. The number of carbonyl (C=O) groups is 4. The van der Waals surface area contributed by atoms with Crippen LogP contribution in [0.15, 0.2) is 34.8 Å². The number of carbonyl (C=O) groups excluding carboxylic acids is 4. The summed E-state index contributed by atoms with van der Waals surface area (Å²) >= 11 is 6.09. The lowest BCUT2D eigenvalue weighted by molar-refractivity contribution is -0.141. The maximum atomic E-state index is 14.3. The van der Waals surface area contributed by atoms with Gasteiger partial charge in [0.2, 0.25) is 21.8 Å². The van der Waals surface area contributed by atoms with Crippen LogP contribution in [-0.2, 0) is 29.1 Å². The fraction of sp³-hybridized carbons (Fsp3) is 0.606. The summed E-state index contributed by atoms with van der Waals surface area (Å²) in [5.41, 5.74) is -1.41. The van der Waals surface area contributed by atoms with Gasteiger partial charge in [0.1, 0.15) is 34.8 Å². The molecule has 1 aromatic carbocycles. The molecular formula is C33H42ClN5O9S. The predicted octanol–water partition coefficient (Wildman–Crippen LogP) is 3.73. The van der Waals surface area contributed by atoms with Crippen LogP contribution in [0.4, 0.5) is 4.79 Å². The van der Waals surface area contributed by atoms with E-state index in [0.29, 0.717) is 48.2 Å². The molecule has 6 rings (SSSR count). The summed E-state index contributed by atoms with van der Waals surface area (Å²) < 4.78 is 44.9. The molecule has 2 aliphatic carbocycles. The van der Waals surface area contributed by atoms with Crippen LogP contribution in [-0.4, -0.2) is 83.2 Å². The minimum atomic E-state index is -3.88. The molecular weight excluding hydrogens is 678 g/mol. The monoisotopic (exact) mass is 719 g/mol. The zero-order chi connectivity index (χ0) is 35.1. The van der Waals surface area contributed by atoms with Crippen LogP contribution >= 0.6 is 11.6 Å². The molecule has 0 radical (unpaired) electrons. The van der Waals surface area contributed by atoms with Crippen molar-refractivity contribution in [3.05, 3.63) is 35.4 Å². The van der Waals surface area contributed by atoms with Gasteiger partial charge in [-0.05, 0) is 77.5 Å². The summed E-state index contributed by atoms with van der Waals surface area (Å²) in [7, 11) is -3.88. The third-order valence-electron chi connectivity index (χ3n) is 9.13. The van der Waals surface area contributed by atoms with Gasteiger partial charge >= 0.3 is 12.2 Å². The Bertz CT molecular complexity index is 1770. The molecule has 16 heteroatoms. The number of alkyl carbamates (subject to hydrolysis) is 1. The Morgan fingerprint density at radius 2 is 1.92 bits per heavy atom. The molecule has 3 N–H and O–H groups in total. The van der Waals surface area contributed by atoms with E-state index in [9.17, 15) is 27.6 Å². The molecule has 0 unspecified atom stereocenters. The van der Waals surface area contributed by atoms with E-state index in [1.54, 1.807) is 39.0 Å². The highest BCUT2D eigenvalue weighted by Crippen LogP contribution is 2.46. The van der Waals surface area contributed by atoms with Gasteiger partial charge in [-0.25, -0.2) is 13.2 Å². The Morgan fingerprint density at radius 1 is 1.14 bits per heavy atom. The van der Waals surface area contributed by atoms with Crippen molar-refractivity contribution in [1.29, 1.82) is 0 Å². The number of benzene rings is 1. The molecule has 49 heavy (non-hydrogen) atoms. The number of ether oxygens (including phenoxy) is 2. The van der Waals surface area contributed by atoms with E-state index in [4.69, 9.17) is 25.5 Å². The molecule has 5 atom stereocenters. The first kappa shape index (κ1) is 35.0. The van der Waals surface area contributed by atoms with E-state index in [2.05, 4.69) is 20.3 Å². The molecule has 4 aliphatic rings. The SMILES string of the molecule is CC(C)(C)OC(=O)N[C@H]1CCCCC/C=C\[C@@H]2C[C@@]2(C(=O)NS(=O)(=O)C2CC2)NC(=O)[C@@H]2C[C@@H](Oc3nc4cc(Cl)ccc4o3)CN2C1=O. The predicted molar refractivity (Wildman–Crippen MR) is 178 cm³/mol. The first-order valence-electron chi connectivity index (χ1n) is 16.7. The Balaban J connectivity index is 1.28. The van der Waals surface area contributed by atoms with E-state index < -0.39 is 74.3 Å². The van der Waals surface area contributed by atoms with Gasteiger partial charge in [-0.15, -0.1) is 0 Å². The highest BCUT2D eigenvalue weighted by Gasteiger charge is 2.62. The van der Waals surface area contributed by atoms with Crippen molar-refractivity contribution in [3.8, 4) is 6.08 Å². The number of nitrogens with one attached hydrogen (secondary N) is 3. The summed E-state index contributed by atoms with van der Waals surface area (Å²) in [6.45, 7) is 5.10. The Morgan fingerprint density at radius 3 is 2.65 bits per heavy atom. The topological polar surface area (TPSA) is 186 Å². The number of rotatable bonds is 6. The van der Waals surface area contributed by atoms with Crippen molar-refractivity contribution in [1.82, 2.24) is 25.2 Å². The number of allylic oxidation sites excluding steroid dienone is 1. The van der Waals surface area contributed by atoms with Crippen LogP contribution in [0.3, 0.4) is 0 Å². The van der Waals surface area contributed by atoms with Crippen LogP contribution in [0.5, 0.6) is 6.08 Å². The number of hydrogen-bond donors (Lipinski definition) is 3. The molecule has 4 amide bonds. The number of sulfonamides is 1. The van der Waals surface area contributed by atoms with Crippen molar-refractivity contribution in [2.45, 2.75) is 113 Å². The Labute approximate surface area is 289 Å². The number of oxazole rings is 1. The Kier molecular flexibility index (Phi) is 9.61. The quantitative estimate of drug-likeness (QED) is 0.372. The van der Waals surface area contributed by atoms with Crippen molar-refractivity contribution in [2.24, 2.45) is 5.92 Å². The van der Waals surface area contributed by atoms with Crippen molar-refractivity contribution in [2.75, 3.05) is 6.54 Å². The first-order valence-corrected chi connectivity index (χ1v) is 18.6. The molecule has 3 fully saturated rings. The summed E-state index contributed by atoms with van der Waals surface area (Å²) in [4.78, 5) is 60.5. The van der Waals surface area contributed by atoms with Crippen molar-refractivity contribution in [3.63, 3.8) is 0 Å². The lowest BCUT2D eigenvalue weighted by atomic mass is 10.0. The largest absolute Gasteiger partial charge is 0.445 e. The van der Waals surface area contributed by atoms with E-state index in [1.807, 2.05) is 12.2 Å². The van der Waals surface area contributed by atoms with Crippen LogP contribution < -0.4 is 20.1 Å². The maximum absolute atomic E-state index is 14.3. The first-order chi connectivity index (χ1) is 23.1.